The number of hydrogen-bond donors (Lipinski definition) is 1. The number of allylic oxidation sites excluding steroid dienone is 2. The summed E-state index contributed by atoms with van der Waals surface area (Å²) in [6, 6.07) is 7.64. The summed E-state index contributed by atoms with van der Waals surface area (Å²) in [5.41, 5.74) is 4.41. The molecule has 1 saturated carbocycles. The van der Waals surface area contributed by atoms with Gasteiger partial charge in [0.1, 0.15) is 6.04 Å². The van der Waals surface area contributed by atoms with Crippen molar-refractivity contribution < 1.29 is 9.53 Å². The van der Waals surface area contributed by atoms with Gasteiger partial charge in [-0.3, -0.25) is 0 Å². The minimum Gasteiger partial charge on any atom is -0.465 e. The smallest absolute Gasteiger partial charge is 0.337 e. The number of fused-ring (bicyclic) bond motifs is 1. The summed E-state index contributed by atoms with van der Waals surface area (Å²) in [6.07, 6.45) is 10.2. The third kappa shape index (κ3) is 3.22. The molecule has 29 heavy (non-hydrogen) atoms. The van der Waals surface area contributed by atoms with Crippen molar-refractivity contribution in [2.45, 2.75) is 57.4 Å². The van der Waals surface area contributed by atoms with E-state index in [9.17, 15) is 4.79 Å². The fourth-order valence-corrected chi connectivity index (χ4v) is 5.47. The SMILES string of the molecule is COC(=O)c1ccc([C@H]2C3=C(Nc4nnnn42)[C@H](C2CCCCC2)CCC3)cc1. The van der Waals surface area contributed by atoms with Crippen molar-refractivity contribution in [1.29, 1.82) is 0 Å². The first-order valence-corrected chi connectivity index (χ1v) is 10.7. The number of methoxy groups -OCH3 is 1. The standard InChI is InChI=1S/C22H27N5O2/c1-29-21(28)16-12-10-15(11-13-16)20-18-9-5-8-17(14-6-3-2-4-7-14)19(18)23-22-24-25-26-27(20)22/h10-14,17,20H,2-9H2,1H3,(H,23,24,26)/t17-,20-/m0/s1. The first-order chi connectivity index (χ1) is 14.3. The second kappa shape index (κ2) is 7.61. The minimum absolute atomic E-state index is 0.0191. The lowest BCUT2D eigenvalue weighted by molar-refractivity contribution is 0.0600. The van der Waals surface area contributed by atoms with E-state index in [-0.39, 0.29) is 12.0 Å². The Morgan fingerprint density at radius 1 is 1.10 bits per heavy atom. The first kappa shape index (κ1) is 18.3. The number of anilines is 1. The molecule has 0 unspecified atom stereocenters. The Kier molecular flexibility index (Phi) is 4.81. The van der Waals surface area contributed by atoms with Crippen LogP contribution in [0.3, 0.4) is 0 Å². The summed E-state index contributed by atoms with van der Waals surface area (Å²) in [4.78, 5) is 11.8. The van der Waals surface area contributed by atoms with Gasteiger partial charge in [0, 0.05) is 11.6 Å². The van der Waals surface area contributed by atoms with E-state index in [4.69, 9.17) is 4.74 Å². The molecule has 3 aliphatic rings. The Balaban J connectivity index is 1.54. The van der Waals surface area contributed by atoms with Crippen molar-refractivity contribution in [2.75, 3.05) is 12.4 Å². The van der Waals surface area contributed by atoms with Crippen LogP contribution in [0.5, 0.6) is 0 Å². The van der Waals surface area contributed by atoms with Crippen molar-refractivity contribution in [1.82, 2.24) is 20.2 Å². The Morgan fingerprint density at radius 3 is 2.66 bits per heavy atom. The van der Waals surface area contributed by atoms with Crippen LogP contribution in [-0.2, 0) is 4.74 Å². The molecule has 5 rings (SSSR count). The normalized spacial score (nSPS) is 24.4. The molecule has 7 heteroatoms. The molecule has 0 saturated heterocycles. The molecule has 1 N–H and O–H groups in total. The van der Waals surface area contributed by atoms with E-state index in [0.29, 0.717) is 17.4 Å². The molecule has 1 fully saturated rings. The highest BCUT2D eigenvalue weighted by Gasteiger charge is 2.38. The third-order valence-electron chi connectivity index (χ3n) is 6.86. The Bertz CT molecular complexity index is 927. The second-order valence-electron chi connectivity index (χ2n) is 8.42. The summed E-state index contributed by atoms with van der Waals surface area (Å²) in [5, 5.41) is 16.1. The van der Waals surface area contributed by atoms with Crippen molar-refractivity contribution in [2.24, 2.45) is 11.8 Å². The Hall–Kier alpha value is -2.70. The molecule has 2 atom stereocenters. The molecular weight excluding hydrogens is 366 g/mol. The average Bonchev–Trinajstić information content (AvgIpc) is 3.25. The number of tetrazole rings is 1. The highest BCUT2D eigenvalue weighted by atomic mass is 16.5. The summed E-state index contributed by atoms with van der Waals surface area (Å²) in [6.45, 7) is 0. The predicted octanol–water partition coefficient (Wildman–Crippen LogP) is 4.11. The molecule has 0 radical (unpaired) electrons. The van der Waals surface area contributed by atoms with Crippen LogP contribution < -0.4 is 5.32 Å². The number of hydrogen-bond acceptors (Lipinski definition) is 6. The monoisotopic (exact) mass is 393 g/mol. The van der Waals surface area contributed by atoms with E-state index in [0.717, 1.165) is 17.9 Å². The second-order valence-corrected chi connectivity index (χ2v) is 8.42. The maximum atomic E-state index is 11.8. The zero-order chi connectivity index (χ0) is 19.8. The van der Waals surface area contributed by atoms with Gasteiger partial charge in [0.25, 0.3) is 0 Å². The van der Waals surface area contributed by atoms with Crippen molar-refractivity contribution in [3.63, 3.8) is 0 Å². The number of ether oxygens (including phenoxy) is 1. The van der Waals surface area contributed by atoms with E-state index < -0.39 is 0 Å². The lowest BCUT2D eigenvalue weighted by Crippen LogP contribution is -2.34. The number of rotatable bonds is 3. The number of benzene rings is 1. The number of carbonyl (C=O) groups is 1. The molecule has 0 spiro atoms. The predicted molar refractivity (Wildman–Crippen MR) is 108 cm³/mol. The maximum absolute atomic E-state index is 11.8. The van der Waals surface area contributed by atoms with Crippen LogP contribution in [0.25, 0.3) is 0 Å². The number of nitrogens with zero attached hydrogens (tertiary/aromatic N) is 4. The van der Waals surface area contributed by atoms with Gasteiger partial charge in [-0.2, -0.15) is 4.68 Å². The highest BCUT2D eigenvalue weighted by molar-refractivity contribution is 5.89. The zero-order valence-corrected chi connectivity index (χ0v) is 16.8. The minimum atomic E-state index is -0.320. The summed E-state index contributed by atoms with van der Waals surface area (Å²) < 4.78 is 6.72. The summed E-state index contributed by atoms with van der Waals surface area (Å²) in [5.74, 6) is 1.72. The van der Waals surface area contributed by atoms with Gasteiger partial charge in [0.15, 0.2) is 0 Å². The third-order valence-corrected chi connectivity index (χ3v) is 6.86. The molecule has 2 aliphatic carbocycles. The molecule has 0 amide bonds. The van der Waals surface area contributed by atoms with Crippen LogP contribution in [0.1, 0.15) is 73.3 Å². The van der Waals surface area contributed by atoms with E-state index >= 15 is 0 Å². The number of esters is 1. The van der Waals surface area contributed by atoms with Crippen LogP contribution in [0.4, 0.5) is 5.95 Å². The number of aromatic nitrogens is 4. The molecule has 1 aliphatic heterocycles. The lowest BCUT2D eigenvalue weighted by Gasteiger charge is -2.40. The summed E-state index contributed by atoms with van der Waals surface area (Å²) >= 11 is 0. The van der Waals surface area contributed by atoms with Crippen LogP contribution in [0, 0.1) is 11.8 Å². The zero-order valence-electron chi connectivity index (χ0n) is 16.8. The molecule has 2 aromatic rings. The highest BCUT2D eigenvalue weighted by Crippen LogP contribution is 2.47. The quantitative estimate of drug-likeness (QED) is 0.791. The van der Waals surface area contributed by atoms with Gasteiger partial charge in [-0.15, -0.1) is 0 Å². The van der Waals surface area contributed by atoms with Crippen molar-refractivity contribution >= 4 is 11.9 Å². The topological polar surface area (TPSA) is 81.9 Å². The van der Waals surface area contributed by atoms with Gasteiger partial charge >= 0.3 is 5.97 Å². The maximum Gasteiger partial charge on any atom is 0.337 e. The van der Waals surface area contributed by atoms with Crippen LogP contribution in [0.15, 0.2) is 35.5 Å². The summed E-state index contributed by atoms with van der Waals surface area (Å²) in [7, 11) is 1.40. The van der Waals surface area contributed by atoms with E-state index in [1.54, 1.807) is 0 Å². The molecule has 1 aromatic heterocycles. The van der Waals surface area contributed by atoms with E-state index in [1.807, 2.05) is 28.9 Å². The first-order valence-electron chi connectivity index (χ1n) is 10.7. The van der Waals surface area contributed by atoms with E-state index in [1.165, 1.54) is 63.3 Å². The van der Waals surface area contributed by atoms with Gasteiger partial charge in [-0.1, -0.05) is 36.5 Å². The van der Waals surface area contributed by atoms with E-state index in [2.05, 4.69) is 20.8 Å². The van der Waals surface area contributed by atoms with Crippen LogP contribution in [0.2, 0.25) is 0 Å². The Labute approximate surface area is 170 Å². The average molecular weight is 393 g/mol. The van der Waals surface area contributed by atoms with Crippen molar-refractivity contribution in [3.8, 4) is 0 Å². The van der Waals surface area contributed by atoms with Crippen LogP contribution in [-0.4, -0.2) is 33.3 Å². The van der Waals surface area contributed by atoms with Gasteiger partial charge in [-0.05, 0) is 71.7 Å². The Morgan fingerprint density at radius 2 is 1.90 bits per heavy atom. The largest absolute Gasteiger partial charge is 0.465 e. The fourth-order valence-electron chi connectivity index (χ4n) is 5.47. The fraction of sp³-hybridized carbons (Fsp3) is 0.545. The molecule has 0 bridgehead atoms. The van der Waals surface area contributed by atoms with Gasteiger partial charge in [0.2, 0.25) is 5.95 Å². The number of nitrogens with one attached hydrogen (secondary N) is 1. The molecule has 2 heterocycles. The molecule has 1 aromatic carbocycles. The van der Waals surface area contributed by atoms with Gasteiger partial charge in [0.05, 0.1) is 12.7 Å². The number of carbonyl (C=O) groups excluding carboxylic acids is 1. The van der Waals surface area contributed by atoms with Gasteiger partial charge in [-0.25, -0.2) is 4.79 Å². The van der Waals surface area contributed by atoms with Crippen molar-refractivity contribution in [3.05, 3.63) is 46.7 Å². The molecule has 152 valence electrons. The molecule has 7 nitrogen and oxygen atoms in total. The van der Waals surface area contributed by atoms with Gasteiger partial charge < -0.3 is 10.1 Å². The molecular formula is C22H27N5O2. The van der Waals surface area contributed by atoms with Crippen LogP contribution >= 0.6 is 0 Å². The lowest BCUT2D eigenvalue weighted by atomic mass is 9.71.